The first kappa shape index (κ1) is 21.9. The molecule has 0 bridgehead atoms. The van der Waals surface area contributed by atoms with E-state index in [4.69, 9.17) is 9.47 Å². The van der Waals surface area contributed by atoms with Gasteiger partial charge in [-0.15, -0.1) is 5.11 Å². The fourth-order valence-corrected chi connectivity index (χ4v) is 3.55. The molecular weight excluding hydrogens is 478 g/mol. The van der Waals surface area contributed by atoms with Crippen molar-refractivity contribution in [3.05, 3.63) is 52.5 Å². The SMILES string of the molecule is COc1cc(CN=Nc2nc(Nc3ccccc3)nc(N3CCOCC3)n2)cc(Br)c1O. The molecule has 1 aliphatic rings. The van der Waals surface area contributed by atoms with Crippen molar-refractivity contribution in [2.24, 2.45) is 10.2 Å². The van der Waals surface area contributed by atoms with Crippen molar-refractivity contribution < 1.29 is 14.6 Å². The molecule has 2 N–H and O–H groups in total. The van der Waals surface area contributed by atoms with E-state index in [1.807, 2.05) is 35.2 Å². The maximum absolute atomic E-state index is 9.96. The van der Waals surface area contributed by atoms with Crippen LogP contribution in [0.3, 0.4) is 0 Å². The zero-order valence-electron chi connectivity index (χ0n) is 17.4. The highest BCUT2D eigenvalue weighted by atomic mass is 79.9. The van der Waals surface area contributed by atoms with Crippen LogP contribution in [-0.2, 0) is 11.3 Å². The van der Waals surface area contributed by atoms with Crippen LogP contribution in [-0.4, -0.2) is 53.5 Å². The molecule has 0 saturated carbocycles. The summed E-state index contributed by atoms with van der Waals surface area (Å²) in [7, 11) is 1.49. The van der Waals surface area contributed by atoms with Crippen molar-refractivity contribution in [3.8, 4) is 11.5 Å². The zero-order chi connectivity index (χ0) is 22.3. The number of aromatic nitrogens is 3. The summed E-state index contributed by atoms with van der Waals surface area (Å²) in [5.41, 5.74) is 1.66. The lowest BCUT2D eigenvalue weighted by molar-refractivity contribution is 0.122. The van der Waals surface area contributed by atoms with Crippen molar-refractivity contribution >= 4 is 39.5 Å². The zero-order valence-corrected chi connectivity index (χ0v) is 19.0. The first-order valence-electron chi connectivity index (χ1n) is 9.96. The summed E-state index contributed by atoms with van der Waals surface area (Å²) < 4.78 is 11.1. The standard InChI is InChI=1S/C21H22BrN7O3/c1-31-17-12-14(11-16(22)18(17)30)13-23-28-20-25-19(24-15-5-3-2-4-6-15)26-21(27-20)29-7-9-32-10-8-29/h2-6,11-12,30H,7-10,13H2,1H3,(H,24,25,26,27). The fourth-order valence-electron chi connectivity index (χ4n) is 3.06. The van der Waals surface area contributed by atoms with Gasteiger partial charge in [0.2, 0.25) is 11.9 Å². The van der Waals surface area contributed by atoms with E-state index in [2.05, 4.69) is 46.4 Å². The highest BCUT2D eigenvalue weighted by Gasteiger charge is 2.17. The van der Waals surface area contributed by atoms with Crippen LogP contribution in [0.25, 0.3) is 0 Å². The van der Waals surface area contributed by atoms with Gasteiger partial charge in [-0.1, -0.05) is 18.2 Å². The maximum Gasteiger partial charge on any atom is 0.275 e. The lowest BCUT2D eigenvalue weighted by Gasteiger charge is -2.26. The van der Waals surface area contributed by atoms with E-state index in [-0.39, 0.29) is 18.2 Å². The molecular formula is C21H22BrN7O3. The molecule has 3 aromatic rings. The van der Waals surface area contributed by atoms with Crippen LogP contribution in [0.1, 0.15) is 5.56 Å². The Kier molecular flexibility index (Phi) is 7.07. The summed E-state index contributed by atoms with van der Waals surface area (Å²) in [5.74, 6) is 1.50. The van der Waals surface area contributed by atoms with Gasteiger partial charge < -0.3 is 24.8 Å². The minimum absolute atomic E-state index is 0.0393. The summed E-state index contributed by atoms with van der Waals surface area (Å²) in [6.45, 7) is 2.86. The van der Waals surface area contributed by atoms with E-state index in [1.54, 1.807) is 12.1 Å². The molecule has 10 nitrogen and oxygen atoms in total. The van der Waals surface area contributed by atoms with Gasteiger partial charge in [-0.25, -0.2) is 0 Å². The summed E-state index contributed by atoms with van der Waals surface area (Å²) in [4.78, 5) is 15.4. The molecule has 0 aliphatic carbocycles. The Morgan fingerprint density at radius 1 is 1.16 bits per heavy atom. The second-order valence-electron chi connectivity index (χ2n) is 6.88. The molecule has 166 valence electrons. The molecule has 1 fully saturated rings. The maximum atomic E-state index is 9.96. The average Bonchev–Trinajstić information content (AvgIpc) is 2.82. The lowest BCUT2D eigenvalue weighted by Crippen LogP contribution is -2.37. The van der Waals surface area contributed by atoms with Crippen LogP contribution in [0.15, 0.2) is 57.2 Å². The number of nitrogens with zero attached hydrogens (tertiary/aromatic N) is 6. The van der Waals surface area contributed by atoms with Gasteiger partial charge in [-0.05, 0) is 45.8 Å². The summed E-state index contributed by atoms with van der Waals surface area (Å²) in [6, 6.07) is 13.1. The Balaban J connectivity index is 1.57. The van der Waals surface area contributed by atoms with E-state index in [1.165, 1.54) is 7.11 Å². The molecule has 0 spiro atoms. The number of rotatable bonds is 7. The van der Waals surface area contributed by atoms with E-state index in [9.17, 15) is 5.11 Å². The number of halogens is 1. The predicted molar refractivity (Wildman–Crippen MR) is 123 cm³/mol. The smallest absolute Gasteiger partial charge is 0.275 e. The van der Waals surface area contributed by atoms with Gasteiger partial charge in [-0.2, -0.15) is 20.1 Å². The van der Waals surface area contributed by atoms with Crippen LogP contribution in [0.2, 0.25) is 0 Å². The number of benzene rings is 2. The molecule has 2 aromatic carbocycles. The van der Waals surface area contributed by atoms with Crippen molar-refractivity contribution in [1.29, 1.82) is 0 Å². The van der Waals surface area contributed by atoms with Crippen LogP contribution >= 0.6 is 15.9 Å². The van der Waals surface area contributed by atoms with Crippen molar-refractivity contribution in [1.82, 2.24) is 15.0 Å². The van der Waals surface area contributed by atoms with Crippen LogP contribution in [0.5, 0.6) is 11.5 Å². The first-order chi connectivity index (χ1) is 15.6. The number of nitrogens with one attached hydrogen (secondary N) is 1. The number of phenols is 1. The molecule has 0 amide bonds. The summed E-state index contributed by atoms with van der Waals surface area (Å²) in [6.07, 6.45) is 0. The highest BCUT2D eigenvalue weighted by Crippen LogP contribution is 2.35. The Morgan fingerprint density at radius 3 is 2.69 bits per heavy atom. The number of hydrogen-bond acceptors (Lipinski definition) is 10. The van der Waals surface area contributed by atoms with Gasteiger partial charge in [-0.3, -0.25) is 0 Å². The number of para-hydroxylation sites is 1. The number of morpholine rings is 1. The quantitative estimate of drug-likeness (QED) is 0.464. The number of hydrogen-bond donors (Lipinski definition) is 2. The lowest BCUT2D eigenvalue weighted by atomic mass is 10.2. The third-order valence-corrected chi connectivity index (χ3v) is 5.26. The average molecular weight is 500 g/mol. The second kappa shape index (κ2) is 10.3. The van der Waals surface area contributed by atoms with E-state index in [0.717, 1.165) is 11.3 Å². The minimum Gasteiger partial charge on any atom is -0.503 e. The van der Waals surface area contributed by atoms with Crippen LogP contribution < -0.4 is 15.0 Å². The van der Waals surface area contributed by atoms with E-state index >= 15 is 0 Å². The van der Waals surface area contributed by atoms with E-state index in [0.29, 0.717) is 48.4 Å². The van der Waals surface area contributed by atoms with Gasteiger partial charge in [0.05, 0.1) is 31.3 Å². The normalized spacial score (nSPS) is 14.0. The fraction of sp³-hybridized carbons (Fsp3) is 0.286. The predicted octanol–water partition coefficient (Wildman–Crippen LogP) is 4.21. The molecule has 2 heterocycles. The summed E-state index contributed by atoms with van der Waals surface area (Å²) in [5, 5.41) is 21.6. The number of ether oxygens (including phenoxy) is 2. The van der Waals surface area contributed by atoms with Gasteiger partial charge in [0.15, 0.2) is 11.5 Å². The van der Waals surface area contributed by atoms with Crippen LogP contribution in [0.4, 0.5) is 23.5 Å². The van der Waals surface area contributed by atoms with Crippen molar-refractivity contribution in [2.45, 2.75) is 6.54 Å². The number of phenolic OH excluding ortho intramolecular Hbond substituents is 1. The van der Waals surface area contributed by atoms with Crippen molar-refractivity contribution in [3.63, 3.8) is 0 Å². The Morgan fingerprint density at radius 2 is 1.94 bits per heavy atom. The molecule has 32 heavy (non-hydrogen) atoms. The molecule has 0 radical (unpaired) electrons. The van der Waals surface area contributed by atoms with Crippen LogP contribution in [0, 0.1) is 0 Å². The number of anilines is 3. The minimum atomic E-state index is 0.0393. The second-order valence-corrected chi connectivity index (χ2v) is 7.73. The molecule has 11 heteroatoms. The number of methoxy groups -OCH3 is 1. The highest BCUT2D eigenvalue weighted by molar-refractivity contribution is 9.10. The topological polar surface area (TPSA) is 117 Å². The molecule has 0 atom stereocenters. The molecule has 1 aromatic heterocycles. The third-order valence-electron chi connectivity index (χ3n) is 4.66. The molecule has 0 unspecified atom stereocenters. The van der Waals surface area contributed by atoms with Gasteiger partial charge in [0.1, 0.15) is 0 Å². The Hall–Kier alpha value is -3.31. The van der Waals surface area contributed by atoms with E-state index < -0.39 is 0 Å². The van der Waals surface area contributed by atoms with Crippen molar-refractivity contribution in [2.75, 3.05) is 43.6 Å². The first-order valence-corrected chi connectivity index (χ1v) is 10.8. The summed E-state index contributed by atoms with van der Waals surface area (Å²) >= 11 is 3.31. The van der Waals surface area contributed by atoms with Gasteiger partial charge in [0.25, 0.3) is 5.95 Å². The monoisotopic (exact) mass is 499 g/mol. The number of azo groups is 1. The Labute approximate surface area is 193 Å². The largest absolute Gasteiger partial charge is 0.503 e. The Bertz CT molecular complexity index is 1090. The molecule has 1 saturated heterocycles. The third kappa shape index (κ3) is 5.48. The van der Waals surface area contributed by atoms with Gasteiger partial charge in [0, 0.05) is 18.8 Å². The molecule has 1 aliphatic heterocycles. The van der Waals surface area contributed by atoms with Gasteiger partial charge >= 0.3 is 0 Å². The number of aromatic hydroxyl groups is 1. The molecule has 4 rings (SSSR count).